The third-order valence-corrected chi connectivity index (χ3v) is 5.11. The molecule has 1 aliphatic carbocycles. The van der Waals surface area contributed by atoms with Crippen LogP contribution < -0.4 is 10.6 Å². The average Bonchev–Trinajstić information content (AvgIpc) is 2.51. The molecule has 0 unspecified atom stereocenters. The Morgan fingerprint density at radius 1 is 1.46 bits per heavy atom. The molecule has 0 bridgehead atoms. The number of carbonyl (C=O) groups is 1. The van der Waals surface area contributed by atoms with Crippen molar-refractivity contribution in [3.8, 4) is 0 Å². The Kier molecular flexibility index (Phi) is 4.99. The number of hydrogen-bond acceptors (Lipinski definition) is 3. The highest BCUT2D eigenvalue weighted by Gasteiger charge is 2.40. The van der Waals surface area contributed by atoms with Gasteiger partial charge in [-0.1, -0.05) is 6.42 Å². The van der Waals surface area contributed by atoms with Crippen LogP contribution in [0.1, 0.15) is 49.8 Å². The molecule has 2 aliphatic rings. The van der Waals surface area contributed by atoms with Crippen LogP contribution in [0.25, 0.3) is 0 Å². The molecule has 1 spiro atoms. The van der Waals surface area contributed by atoms with Crippen LogP contribution in [0.5, 0.6) is 0 Å². The standard InChI is InChI=1S/C17H23F2N3O2/c1-11-7-12(8-20-14(11)15(18)19)22-16(23)21-9-13-3-6-17(10-24-13)4-2-5-17/h7-8,13,15H,2-6,9-10H2,1H3,(H2,21,22,23)/t13-/m1/s1. The lowest BCUT2D eigenvalue weighted by molar-refractivity contribution is -0.0937. The number of aromatic nitrogens is 1. The van der Waals surface area contributed by atoms with Crippen LogP contribution in [0, 0.1) is 12.3 Å². The quantitative estimate of drug-likeness (QED) is 0.877. The van der Waals surface area contributed by atoms with E-state index in [1.807, 2.05) is 0 Å². The predicted molar refractivity (Wildman–Crippen MR) is 86.2 cm³/mol. The van der Waals surface area contributed by atoms with E-state index < -0.39 is 6.43 Å². The molecular weight excluding hydrogens is 316 g/mol. The lowest BCUT2D eigenvalue weighted by atomic mass is 9.65. The van der Waals surface area contributed by atoms with Crippen LogP contribution in [0.3, 0.4) is 0 Å². The van der Waals surface area contributed by atoms with Crippen LogP contribution in [0.4, 0.5) is 19.3 Å². The first-order chi connectivity index (χ1) is 11.5. The van der Waals surface area contributed by atoms with E-state index in [2.05, 4.69) is 15.6 Å². The summed E-state index contributed by atoms with van der Waals surface area (Å²) in [4.78, 5) is 15.6. The summed E-state index contributed by atoms with van der Waals surface area (Å²) in [6, 6.07) is 1.11. The number of nitrogens with zero attached hydrogens (tertiary/aromatic N) is 1. The number of amides is 2. The summed E-state index contributed by atoms with van der Waals surface area (Å²) in [5.74, 6) is 0. The van der Waals surface area contributed by atoms with Crippen molar-refractivity contribution in [2.45, 2.75) is 51.6 Å². The summed E-state index contributed by atoms with van der Waals surface area (Å²) in [5, 5.41) is 5.38. The summed E-state index contributed by atoms with van der Waals surface area (Å²) < 4.78 is 31.2. The van der Waals surface area contributed by atoms with Gasteiger partial charge in [0, 0.05) is 6.54 Å². The number of alkyl halides is 2. The number of ether oxygens (including phenoxy) is 1. The number of halogens is 2. The molecule has 2 N–H and O–H groups in total. The summed E-state index contributed by atoms with van der Waals surface area (Å²) in [5.41, 5.74) is 0.895. The number of anilines is 1. The summed E-state index contributed by atoms with van der Waals surface area (Å²) in [6.45, 7) is 2.78. The van der Waals surface area contributed by atoms with E-state index in [-0.39, 0.29) is 17.8 Å². The van der Waals surface area contributed by atoms with E-state index in [1.165, 1.54) is 37.9 Å². The molecule has 1 aromatic rings. The topological polar surface area (TPSA) is 63.2 Å². The van der Waals surface area contributed by atoms with Gasteiger partial charge in [0.05, 0.1) is 24.6 Å². The number of urea groups is 1. The Morgan fingerprint density at radius 3 is 2.79 bits per heavy atom. The minimum Gasteiger partial charge on any atom is -0.376 e. The number of aryl methyl sites for hydroxylation is 1. The normalized spacial score (nSPS) is 22.2. The maximum absolute atomic E-state index is 12.7. The van der Waals surface area contributed by atoms with Gasteiger partial charge in [-0.25, -0.2) is 13.6 Å². The highest BCUT2D eigenvalue weighted by Crippen LogP contribution is 2.47. The van der Waals surface area contributed by atoms with Gasteiger partial charge in [-0.05, 0) is 49.7 Å². The second kappa shape index (κ2) is 7.01. The smallest absolute Gasteiger partial charge is 0.319 e. The molecule has 1 saturated heterocycles. The largest absolute Gasteiger partial charge is 0.376 e. The van der Waals surface area contributed by atoms with Crippen molar-refractivity contribution in [1.82, 2.24) is 10.3 Å². The summed E-state index contributed by atoms with van der Waals surface area (Å²) in [6.07, 6.45) is 4.61. The fourth-order valence-corrected chi connectivity index (χ4v) is 3.41. The number of rotatable bonds is 4. The minimum atomic E-state index is -2.62. The number of pyridine rings is 1. The van der Waals surface area contributed by atoms with Gasteiger partial charge in [-0.15, -0.1) is 0 Å². The van der Waals surface area contributed by atoms with Gasteiger partial charge in [-0.3, -0.25) is 4.98 Å². The van der Waals surface area contributed by atoms with E-state index in [4.69, 9.17) is 4.74 Å². The van der Waals surface area contributed by atoms with E-state index >= 15 is 0 Å². The maximum Gasteiger partial charge on any atom is 0.319 e. The Labute approximate surface area is 140 Å². The molecule has 2 heterocycles. The molecule has 1 aliphatic heterocycles. The lowest BCUT2D eigenvalue weighted by Gasteiger charge is -2.46. The summed E-state index contributed by atoms with van der Waals surface area (Å²) in [7, 11) is 0. The molecule has 7 heteroatoms. The van der Waals surface area contributed by atoms with Crippen LogP contribution >= 0.6 is 0 Å². The van der Waals surface area contributed by atoms with Crippen molar-refractivity contribution in [3.05, 3.63) is 23.5 Å². The van der Waals surface area contributed by atoms with Crippen LogP contribution in [0.15, 0.2) is 12.3 Å². The van der Waals surface area contributed by atoms with Gasteiger partial charge in [-0.2, -0.15) is 0 Å². The second-order valence-corrected chi connectivity index (χ2v) is 6.89. The summed E-state index contributed by atoms with van der Waals surface area (Å²) >= 11 is 0. The van der Waals surface area contributed by atoms with Gasteiger partial charge in [0.1, 0.15) is 5.69 Å². The molecule has 1 aromatic heterocycles. The van der Waals surface area contributed by atoms with Gasteiger partial charge in [0.2, 0.25) is 0 Å². The fourth-order valence-electron chi connectivity index (χ4n) is 3.41. The highest BCUT2D eigenvalue weighted by molar-refractivity contribution is 5.89. The SMILES string of the molecule is Cc1cc(NC(=O)NC[C@H]2CCC3(CCC3)CO2)cnc1C(F)F. The zero-order chi connectivity index (χ0) is 17.2. The van der Waals surface area contributed by atoms with Crippen molar-refractivity contribution in [2.24, 2.45) is 5.41 Å². The number of hydrogen-bond donors (Lipinski definition) is 2. The fraction of sp³-hybridized carbons (Fsp3) is 0.647. The second-order valence-electron chi connectivity index (χ2n) is 6.89. The minimum absolute atomic E-state index is 0.0445. The monoisotopic (exact) mass is 339 g/mol. The Balaban J connectivity index is 1.43. The molecule has 5 nitrogen and oxygen atoms in total. The molecule has 0 radical (unpaired) electrons. The van der Waals surface area contributed by atoms with Crippen molar-refractivity contribution >= 4 is 11.7 Å². The molecule has 24 heavy (non-hydrogen) atoms. The molecule has 132 valence electrons. The first-order valence-electron chi connectivity index (χ1n) is 8.39. The number of nitrogens with one attached hydrogen (secondary N) is 2. The van der Waals surface area contributed by atoms with Crippen LogP contribution in [-0.4, -0.2) is 30.3 Å². The molecule has 3 rings (SSSR count). The van der Waals surface area contributed by atoms with E-state index in [1.54, 1.807) is 6.92 Å². The van der Waals surface area contributed by atoms with E-state index in [0.717, 1.165) is 13.0 Å². The zero-order valence-electron chi connectivity index (χ0n) is 13.8. The third-order valence-electron chi connectivity index (χ3n) is 5.11. The number of carbonyl (C=O) groups excluding carboxylic acids is 1. The van der Waals surface area contributed by atoms with Gasteiger partial charge in [0.25, 0.3) is 6.43 Å². The molecule has 0 aromatic carbocycles. The predicted octanol–water partition coefficient (Wildman–Crippen LogP) is 3.80. The van der Waals surface area contributed by atoms with Crippen molar-refractivity contribution in [1.29, 1.82) is 0 Å². The molecule has 1 saturated carbocycles. The van der Waals surface area contributed by atoms with Gasteiger partial charge < -0.3 is 15.4 Å². The van der Waals surface area contributed by atoms with Crippen LogP contribution in [-0.2, 0) is 4.74 Å². The molecular formula is C17H23F2N3O2. The first-order valence-corrected chi connectivity index (χ1v) is 8.39. The average molecular weight is 339 g/mol. The Hall–Kier alpha value is -1.76. The van der Waals surface area contributed by atoms with Gasteiger partial charge in [0.15, 0.2) is 0 Å². The highest BCUT2D eigenvalue weighted by atomic mass is 19.3. The van der Waals surface area contributed by atoms with Gasteiger partial charge >= 0.3 is 6.03 Å². The molecule has 1 atom stereocenters. The third kappa shape index (κ3) is 3.83. The lowest BCUT2D eigenvalue weighted by Crippen LogP contribution is -2.45. The van der Waals surface area contributed by atoms with Crippen molar-refractivity contribution in [2.75, 3.05) is 18.5 Å². The zero-order valence-corrected chi connectivity index (χ0v) is 13.8. The van der Waals surface area contributed by atoms with E-state index in [0.29, 0.717) is 23.2 Å². The molecule has 2 fully saturated rings. The Bertz CT molecular complexity index is 595. The maximum atomic E-state index is 12.7. The molecule has 2 amide bonds. The van der Waals surface area contributed by atoms with Crippen molar-refractivity contribution in [3.63, 3.8) is 0 Å². The van der Waals surface area contributed by atoms with Crippen molar-refractivity contribution < 1.29 is 18.3 Å². The first kappa shape index (κ1) is 17.1. The Morgan fingerprint density at radius 2 is 2.25 bits per heavy atom. The van der Waals surface area contributed by atoms with E-state index in [9.17, 15) is 13.6 Å². The van der Waals surface area contributed by atoms with Crippen LogP contribution in [0.2, 0.25) is 0 Å².